The van der Waals surface area contributed by atoms with Gasteiger partial charge in [-0.25, -0.2) is 4.98 Å². The zero-order valence-corrected chi connectivity index (χ0v) is 16.0. The summed E-state index contributed by atoms with van der Waals surface area (Å²) in [7, 11) is 1.57. The van der Waals surface area contributed by atoms with Crippen molar-refractivity contribution in [2.45, 2.75) is 6.92 Å². The number of nitrogens with one attached hydrogen (secondary N) is 1. The van der Waals surface area contributed by atoms with E-state index in [2.05, 4.69) is 10.3 Å². The molecule has 1 amide bonds. The van der Waals surface area contributed by atoms with Crippen molar-refractivity contribution in [1.82, 2.24) is 14.3 Å². The van der Waals surface area contributed by atoms with E-state index in [9.17, 15) is 9.59 Å². The molecule has 2 aromatic heterocycles. The van der Waals surface area contributed by atoms with Gasteiger partial charge in [0.05, 0.1) is 23.6 Å². The van der Waals surface area contributed by atoms with Crippen LogP contribution in [0.2, 0.25) is 0 Å². The molecule has 0 bridgehead atoms. The first-order chi connectivity index (χ1) is 12.6. The molecule has 26 heavy (non-hydrogen) atoms. The summed E-state index contributed by atoms with van der Waals surface area (Å²) >= 11 is 6.45. The van der Waals surface area contributed by atoms with Crippen molar-refractivity contribution in [1.29, 1.82) is 0 Å². The number of pyridine rings is 1. The highest BCUT2D eigenvalue weighted by Crippen LogP contribution is 2.32. The predicted molar refractivity (Wildman–Crippen MR) is 107 cm³/mol. The molecule has 3 heterocycles. The van der Waals surface area contributed by atoms with Crippen LogP contribution in [0.15, 0.2) is 34.1 Å². The van der Waals surface area contributed by atoms with Gasteiger partial charge in [0.15, 0.2) is 0 Å². The maximum atomic E-state index is 12.9. The summed E-state index contributed by atoms with van der Waals surface area (Å²) < 4.78 is 6.93. The Labute approximate surface area is 160 Å². The molecule has 0 atom stereocenters. The van der Waals surface area contributed by atoms with Gasteiger partial charge in [0.2, 0.25) is 0 Å². The fourth-order valence-corrected chi connectivity index (χ4v) is 3.83. The van der Waals surface area contributed by atoms with Crippen LogP contribution < -0.4 is 10.9 Å². The molecule has 0 aromatic carbocycles. The van der Waals surface area contributed by atoms with Crippen molar-refractivity contribution >= 4 is 51.7 Å². The highest BCUT2D eigenvalue weighted by atomic mass is 32.2. The quantitative estimate of drug-likeness (QED) is 0.597. The fourth-order valence-electron chi connectivity index (χ4n) is 2.54. The van der Waals surface area contributed by atoms with Gasteiger partial charge in [-0.1, -0.05) is 30.0 Å². The number of aromatic nitrogens is 2. The Bertz CT molecular complexity index is 955. The number of amides is 1. The standard InChI is InChI=1S/C17H18N4O3S2/c1-3-18-14-11(15(22)20-7-5-4-6-13(20)19-14)10-12-16(23)21(8-9-24-2)17(25)26-12/h4-7,10,18H,3,8-9H2,1-2H3/b12-10+. The molecule has 9 heteroatoms. The predicted octanol–water partition coefficient (Wildman–Crippen LogP) is 1.97. The molecule has 1 N–H and O–H groups in total. The van der Waals surface area contributed by atoms with Gasteiger partial charge in [-0.2, -0.15) is 0 Å². The van der Waals surface area contributed by atoms with Crippen LogP contribution in [0.5, 0.6) is 0 Å². The average molecular weight is 390 g/mol. The molecule has 0 aliphatic carbocycles. The maximum absolute atomic E-state index is 12.9. The van der Waals surface area contributed by atoms with Gasteiger partial charge < -0.3 is 10.1 Å². The number of hydrogen-bond acceptors (Lipinski definition) is 7. The lowest BCUT2D eigenvalue weighted by atomic mass is 10.2. The van der Waals surface area contributed by atoms with E-state index in [0.29, 0.717) is 46.0 Å². The van der Waals surface area contributed by atoms with Crippen LogP contribution in [0, 0.1) is 0 Å². The van der Waals surface area contributed by atoms with Gasteiger partial charge in [0, 0.05) is 19.9 Å². The first kappa shape index (κ1) is 18.6. The summed E-state index contributed by atoms with van der Waals surface area (Å²) in [5.41, 5.74) is 0.634. The minimum absolute atomic E-state index is 0.225. The van der Waals surface area contributed by atoms with Gasteiger partial charge in [0.1, 0.15) is 15.8 Å². The van der Waals surface area contributed by atoms with E-state index < -0.39 is 0 Å². The Hall–Kier alpha value is -2.23. The van der Waals surface area contributed by atoms with E-state index >= 15 is 0 Å². The van der Waals surface area contributed by atoms with Crippen LogP contribution in [0.4, 0.5) is 5.82 Å². The van der Waals surface area contributed by atoms with E-state index in [1.54, 1.807) is 31.5 Å². The van der Waals surface area contributed by atoms with Crippen molar-refractivity contribution in [3.63, 3.8) is 0 Å². The summed E-state index contributed by atoms with van der Waals surface area (Å²) in [4.78, 5) is 31.9. The zero-order valence-electron chi connectivity index (χ0n) is 14.4. The molecule has 1 saturated heterocycles. The minimum Gasteiger partial charge on any atom is -0.383 e. The summed E-state index contributed by atoms with van der Waals surface area (Å²) in [6.07, 6.45) is 3.22. The highest BCUT2D eigenvalue weighted by molar-refractivity contribution is 8.26. The summed E-state index contributed by atoms with van der Waals surface area (Å²) in [5.74, 6) is 0.225. The monoisotopic (exact) mass is 390 g/mol. The number of rotatable bonds is 6. The Kier molecular flexibility index (Phi) is 5.70. The molecule has 1 fully saturated rings. The smallest absolute Gasteiger partial charge is 0.267 e. The van der Waals surface area contributed by atoms with Crippen LogP contribution in [0.25, 0.3) is 11.7 Å². The minimum atomic E-state index is -0.242. The van der Waals surface area contributed by atoms with E-state index in [0.717, 1.165) is 0 Å². The second-order valence-corrected chi connectivity index (χ2v) is 7.14. The number of fused-ring (bicyclic) bond motifs is 1. The lowest BCUT2D eigenvalue weighted by Gasteiger charge is -2.13. The highest BCUT2D eigenvalue weighted by Gasteiger charge is 2.32. The van der Waals surface area contributed by atoms with E-state index in [4.69, 9.17) is 17.0 Å². The van der Waals surface area contributed by atoms with Crippen LogP contribution in [-0.4, -0.2) is 51.3 Å². The van der Waals surface area contributed by atoms with Gasteiger partial charge in [0.25, 0.3) is 11.5 Å². The topological polar surface area (TPSA) is 75.9 Å². The summed E-state index contributed by atoms with van der Waals surface area (Å²) in [5, 5.41) is 3.10. The molecule has 7 nitrogen and oxygen atoms in total. The fraction of sp³-hybridized carbons (Fsp3) is 0.294. The molecule has 1 aliphatic heterocycles. The summed E-state index contributed by atoms with van der Waals surface area (Å²) in [6, 6.07) is 5.34. The molecule has 0 unspecified atom stereocenters. The van der Waals surface area contributed by atoms with Crippen LogP contribution >= 0.6 is 24.0 Å². The Balaban J connectivity index is 2.07. The molecule has 0 spiro atoms. The van der Waals surface area contributed by atoms with Gasteiger partial charge >= 0.3 is 0 Å². The molecule has 1 aliphatic rings. The van der Waals surface area contributed by atoms with E-state index in [1.165, 1.54) is 21.1 Å². The third kappa shape index (κ3) is 3.50. The lowest BCUT2D eigenvalue weighted by Crippen LogP contribution is -2.31. The number of carbonyl (C=O) groups is 1. The second kappa shape index (κ2) is 7.98. The molecule has 3 rings (SSSR count). The number of anilines is 1. The van der Waals surface area contributed by atoms with Crippen molar-refractivity contribution in [3.8, 4) is 0 Å². The van der Waals surface area contributed by atoms with E-state index in [1.807, 2.05) is 13.0 Å². The molecule has 0 radical (unpaired) electrons. The Morgan fingerprint density at radius 1 is 1.38 bits per heavy atom. The molecule has 0 saturated carbocycles. The van der Waals surface area contributed by atoms with Crippen molar-refractivity contribution in [2.24, 2.45) is 0 Å². The van der Waals surface area contributed by atoms with Gasteiger partial charge in [-0.05, 0) is 25.1 Å². The van der Waals surface area contributed by atoms with E-state index in [-0.39, 0.29) is 11.5 Å². The van der Waals surface area contributed by atoms with Crippen LogP contribution in [0.3, 0.4) is 0 Å². The normalized spacial score (nSPS) is 16.1. The average Bonchev–Trinajstić information content (AvgIpc) is 2.90. The number of nitrogens with zero attached hydrogens (tertiary/aromatic N) is 3. The third-order valence-electron chi connectivity index (χ3n) is 3.78. The molecule has 136 valence electrons. The first-order valence-electron chi connectivity index (χ1n) is 8.06. The van der Waals surface area contributed by atoms with Crippen LogP contribution in [-0.2, 0) is 9.53 Å². The summed E-state index contributed by atoms with van der Waals surface area (Å²) in [6.45, 7) is 3.30. The zero-order chi connectivity index (χ0) is 18.7. The lowest BCUT2D eigenvalue weighted by molar-refractivity contribution is -0.122. The molecular formula is C17H18N4O3S2. The van der Waals surface area contributed by atoms with Gasteiger partial charge in [-0.15, -0.1) is 0 Å². The maximum Gasteiger partial charge on any atom is 0.267 e. The SMILES string of the molecule is CCNc1nc2ccccn2c(=O)c1/C=C1/SC(=S)N(CCOC)C1=O. The van der Waals surface area contributed by atoms with Crippen molar-refractivity contribution in [2.75, 3.05) is 32.1 Å². The largest absolute Gasteiger partial charge is 0.383 e. The third-order valence-corrected chi connectivity index (χ3v) is 5.16. The Morgan fingerprint density at radius 3 is 2.92 bits per heavy atom. The number of ether oxygens (including phenoxy) is 1. The number of thioether (sulfide) groups is 1. The second-order valence-electron chi connectivity index (χ2n) is 5.46. The first-order valence-corrected chi connectivity index (χ1v) is 9.29. The van der Waals surface area contributed by atoms with Gasteiger partial charge in [-0.3, -0.25) is 18.9 Å². The van der Waals surface area contributed by atoms with Crippen LogP contribution in [0.1, 0.15) is 12.5 Å². The van der Waals surface area contributed by atoms with Crippen molar-refractivity contribution < 1.29 is 9.53 Å². The number of methoxy groups -OCH3 is 1. The van der Waals surface area contributed by atoms with Crippen molar-refractivity contribution in [3.05, 3.63) is 45.2 Å². The molecule has 2 aromatic rings. The molecular weight excluding hydrogens is 372 g/mol. The number of hydrogen-bond donors (Lipinski definition) is 1. The Morgan fingerprint density at radius 2 is 2.19 bits per heavy atom. The number of thiocarbonyl (C=S) groups is 1. The number of carbonyl (C=O) groups excluding carboxylic acids is 1.